The molecule has 2 rings (SSSR count). The monoisotopic (exact) mass is 311 g/mol. The molecule has 2 aromatic rings. The largest absolute Gasteiger partial charge is 0.468 e. The molecule has 1 aromatic heterocycles. The summed E-state index contributed by atoms with van der Waals surface area (Å²) in [6.45, 7) is 0.632. The highest BCUT2D eigenvalue weighted by Gasteiger charge is 2.11. The first kappa shape index (κ1) is 12.7. The minimum atomic E-state index is 0.313. The minimum absolute atomic E-state index is 0.313. The topological polar surface area (TPSA) is 39.2 Å². The van der Waals surface area contributed by atoms with Crippen LogP contribution in [0.3, 0.4) is 0 Å². The highest BCUT2D eigenvalue weighted by atomic mass is 79.9. The molecule has 2 N–H and O–H groups in total. The molecule has 0 aliphatic carbocycles. The number of halogens is 1. The normalized spacial score (nSPS) is 12.6. The van der Waals surface area contributed by atoms with E-state index in [0.29, 0.717) is 11.8 Å². The molecule has 1 unspecified atom stereocenters. The number of benzene rings is 1. The van der Waals surface area contributed by atoms with Gasteiger partial charge in [0.1, 0.15) is 5.76 Å². The van der Waals surface area contributed by atoms with Gasteiger partial charge in [-0.1, -0.05) is 28.1 Å². The Bertz CT molecular complexity index is 441. The molecule has 90 valence electrons. The lowest BCUT2D eigenvalue weighted by molar-refractivity contribution is 0.530. The van der Waals surface area contributed by atoms with E-state index in [1.54, 1.807) is 18.0 Å². The van der Waals surface area contributed by atoms with Crippen molar-refractivity contribution >= 4 is 27.7 Å². The van der Waals surface area contributed by atoms with Crippen LogP contribution in [0.25, 0.3) is 0 Å². The zero-order valence-electron chi connectivity index (χ0n) is 9.30. The fraction of sp³-hybridized carbons (Fsp3) is 0.231. The van der Waals surface area contributed by atoms with Crippen LogP contribution in [0.1, 0.15) is 16.6 Å². The molecule has 0 amide bonds. The zero-order valence-corrected chi connectivity index (χ0v) is 11.7. The average Bonchev–Trinajstić information content (AvgIpc) is 2.85. The standard InChI is InChI=1S/C13H14BrNOS/c14-11-5-3-10(4-6-11)13(8-15)17-9-12-2-1-7-16-12/h1-7,13H,8-9,15H2. The van der Waals surface area contributed by atoms with Crippen LogP contribution in [-0.2, 0) is 5.75 Å². The Morgan fingerprint density at radius 2 is 2.00 bits per heavy atom. The molecule has 2 nitrogen and oxygen atoms in total. The second-order valence-corrected chi connectivity index (χ2v) is 5.77. The smallest absolute Gasteiger partial charge is 0.113 e. The Hall–Kier alpha value is -0.710. The molecule has 0 radical (unpaired) electrons. The second kappa shape index (κ2) is 6.28. The van der Waals surface area contributed by atoms with E-state index in [9.17, 15) is 0 Å². The van der Waals surface area contributed by atoms with Crippen molar-refractivity contribution in [2.45, 2.75) is 11.0 Å². The molecule has 4 heteroatoms. The van der Waals surface area contributed by atoms with Crippen LogP contribution in [-0.4, -0.2) is 6.54 Å². The van der Waals surface area contributed by atoms with Gasteiger partial charge in [-0.3, -0.25) is 0 Å². The van der Waals surface area contributed by atoms with Crippen molar-refractivity contribution in [3.8, 4) is 0 Å². The summed E-state index contributed by atoms with van der Waals surface area (Å²) in [4.78, 5) is 0. The van der Waals surface area contributed by atoms with E-state index >= 15 is 0 Å². The Morgan fingerprint density at radius 1 is 1.24 bits per heavy atom. The van der Waals surface area contributed by atoms with Gasteiger partial charge >= 0.3 is 0 Å². The number of hydrogen-bond donors (Lipinski definition) is 1. The van der Waals surface area contributed by atoms with E-state index in [1.165, 1.54) is 5.56 Å². The quantitative estimate of drug-likeness (QED) is 0.908. The SMILES string of the molecule is NCC(SCc1ccco1)c1ccc(Br)cc1. The average molecular weight is 312 g/mol. The Labute approximate surface area is 114 Å². The third-order valence-electron chi connectivity index (χ3n) is 2.46. The third kappa shape index (κ3) is 3.63. The van der Waals surface area contributed by atoms with Crippen LogP contribution in [0.2, 0.25) is 0 Å². The van der Waals surface area contributed by atoms with Crippen molar-refractivity contribution in [1.82, 2.24) is 0 Å². The predicted octanol–water partition coefficient (Wildman–Crippen LogP) is 3.98. The fourth-order valence-electron chi connectivity index (χ4n) is 1.56. The maximum atomic E-state index is 5.82. The zero-order chi connectivity index (χ0) is 12.1. The molecular weight excluding hydrogens is 298 g/mol. The van der Waals surface area contributed by atoms with Gasteiger partial charge in [-0.15, -0.1) is 11.8 Å². The molecule has 1 aromatic carbocycles. The van der Waals surface area contributed by atoms with Crippen LogP contribution in [0.15, 0.2) is 51.6 Å². The molecule has 0 aliphatic rings. The Kier molecular flexibility index (Phi) is 4.71. The molecule has 0 saturated carbocycles. The summed E-state index contributed by atoms with van der Waals surface area (Å²) in [6.07, 6.45) is 1.70. The predicted molar refractivity (Wildman–Crippen MR) is 75.9 cm³/mol. The van der Waals surface area contributed by atoms with Gasteiger partial charge in [0.2, 0.25) is 0 Å². The van der Waals surface area contributed by atoms with E-state index in [1.807, 2.05) is 24.3 Å². The van der Waals surface area contributed by atoms with Crippen LogP contribution in [0.4, 0.5) is 0 Å². The number of thioether (sulfide) groups is 1. The molecule has 0 saturated heterocycles. The van der Waals surface area contributed by atoms with Gasteiger partial charge in [0.25, 0.3) is 0 Å². The number of furan rings is 1. The molecule has 1 heterocycles. The molecule has 0 fully saturated rings. The molecule has 0 aliphatic heterocycles. The van der Waals surface area contributed by atoms with Crippen LogP contribution < -0.4 is 5.73 Å². The summed E-state index contributed by atoms with van der Waals surface area (Å²) in [7, 11) is 0. The summed E-state index contributed by atoms with van der Waals surface area (Å²) in [5, 5.41) is 0.313. The van der Waals surface area contributed by atoms with Gasteiger partial charge in [-0.2, -0.15) is 0 Å². The first-order valence-corrected chi connectivity index (χ1v) is 7.23. The van der Waals surface area contributed by atoms with E-state index in [-0.39, 0.29) is 0 Å². The summed E-state index contributed by atoms with van der Waals surface area (Å²) in [5.74, 6) is 1.84. The minimum Gasteiger partial charge on any atom is -0.468 e. The van der Waals surface area contributed by atoms with E-state index < -0.39 is 0 Å². The third-order valence-corrected chi connectivity index (χ3v) is 4.31. The Morgan fingerprint density at radius 3 is 2.59 bits per heavy atom. The highest BCUT2D eigenvalue weighted by Crippen LogP contribution is 2.31. The maximum Gasteiger partial charge on any atom is 0.113 e. The van der Waals surface area contributed by atoms with E-state index in [4.69, 9.17) is 10.2 Å². The second-order valence-electron chi connectivity index (χ2n) is 3.67. The summed E-state index contributed by atoms with van der Waals surface area (Å²) in [5.41, 5.74) is 7.08. The van der Waals surface area contributed by atoms with Gasteiger partial charge in [-0.05, 0) is 29.8 Å². The van der Waals surface area contributed by atoms with Gasteiger partial charge in [0, 0.05) is 16.3 Å². The highest BCUT2D eigenvalue weighted by molar-refractivity contribution is 9.10. The lowest BCUT2D eigenvalue weighted by Gasteiger charge is -2.14. The Balaban J connectivity index is 1.99. The fourth-order valence-corrected chi connectivity index (χ4v) is 2.83. The van der Waals surface area contributed by atoms with Crippen molar-refractivity contribution in [3.63, 3.8) is 0 Å². The van der Waals surface area contributed by atoms with Gasteiger partial charge < -0.3 is 10.2 Å². The first-order chi connectivity index (χ1) is 8.29. The lowest BCUT2D eigenvalue weighted by Crippen LogP contribution is -2.09. The van der Waals surface area contributed by atoms with Crippen molar-refractivity contribution in [3.05, 3.63) is 58.5 Å². The molecule has 0 bridgehead atoms. The molecular formula is C13H14BrNOS. The van der Waals surface area contributed by atoms with Crippen molar-refractivity contribution in [2.24, 2.45) is 5.73 Å². The van der Waals surface area contributed by atoms with Crippen molar-refractivity contribution in [1.29, 1.82) is 0 Å². The van der Waals surface area contributed by atoms with Gasteiger partial charge in [0.05, 0.1) is 12.0 Å². The van der Waals surface area contributed by atoms with Gasteiger partial charge in [0.15, 0.2) is 0 Å². The summed E-state index contributed by atoms with van der Waals surface area (Å²) < 4.78 is 6.41. The van der Waals surface area contributed by atoms with E-state index in [0.717, 1.165) is 16.0 Å². The van der Waals surface area contributed by atoms with Crippen LogP contribution in [0, 0.1) is 0 Å². The van der Waals surface area contributed by atoms with Crippen molar-refractivity contribution in [2.75, 3.05) is 6.54 Å². The van der Waals surface area contributed by atoms with E-state index in [2.05, 4.69) is 28.1 Å². The first-order valence-electron chi connectivity index (χ1n) is 5.39. The lowest BCUT2D eigenvalue weighted by atomic mass is 10.1. The van der Waals surface area contributed by atoms with Crippen LogP contribution >= 0.6 is 27.7 Å². The summed E-state index contributed by atoms with van der Waals surface area (Å²) in [6, 6.07) is 12.2. The number of rotatable bonds is 5. The molecule has 0 spiro atoms. The van der Waals surface area contributed by atoms with Crippen LogP contribution in [0.5, 0.6) is 0 Å². The maximum absolute atomic E-state index is 5.82. The van der Waals surface area contributed by atoms with Gasteiger partial charge in [-0.25, -0.2) is 0 Å². The molecule has 17 heavy (non-hydrogen) atoms. The van der Waals surface area contributed by atoms with Crippen molar-refractivity contribution < 1.29 is 4.42 Å². The molecule has 1 atom stereocenters. The number of hydrogen-bond acceptors (Lipinski definition) is 3. The summed E-state index contributed by atoms with van der Waals surface area (Å²) >= 11 is 5.24. The number of nitrogens with two attached hydrogens (primary N) is 1.